The van der Waals surface area contributed by atoms with Gasteiger partial charge in [-0.2, -0.15) is 9.97 Å². The van der Waals surface area contributed by atoms with Gasteiger partial charge in [0.1, 0.15) is 11.6 Å². The van der Waals surface area contributed by atoms with Crippen LogP contribution in [0.5, 0.6) is 11.8 Å². The number of aromatic nitrogens is 3. The molecule has 3 aromatic heterocycles. The summed E-state index contributed by atoms with van der Waals surface area (Å²) in [5.74, 6) is 1.49. The number of aromatic hydroxyl groups is 2. The van der Waals surface area contributed by atoms with Crippen molar-refractivity contribution >= 4 is 17.2 Å². The van der Waals surface area contributed by atoms with Gasteiger partial charge in [-0.05, 0) is 36.2 Å². The second-order valence-electron chi connectivity index (χ2n) is 5.81. The van der Waals surface area contributed by atoms with Gasteiger partial charge in [-0.15, -0.1) is 11.3 Å². The zero-order valence-electron chi connectivity index (χ0n) is 14.2. The Balaban J connectivity index is 1.47. The van der Waals surface area contributed by atoms with Crippen LogP contribution in [0.3, 0.4) is 0 Å². The van der Waals surface area contributed by atoms with Gasteiger partial charge in [-0.3, -0.25) is 0 Å². The van der Waals surface area contributed by atoms with Gasteiger partial charge in [0.25, 0.3) is 0 Å². The van der Waals surface area contributed by atoms with E-state index in [2.05, 4.69) is 20.3 Å². The predicted molar refractivity (Wildman–Crippen MR) is 103 cm³/mol. The first-order valence-corrected chi connectivity index (χ1v) is 9.08. The maximum atomic E-state index is 9.88. The minimum atomic E-state index is -0.283. The molecule has 4 aromatic rings. The number of nitrogens with zero attached hydrogens (tertiary/aromatic N) is 3. The molecule has 27 heavy (non-hydrogen) atoms. The SMILES string of the molecule is Oc1ccc(CCNc2cc(-c3ccc(-c4cnco4)s3)nc(O)n2)cc1. The fourth-order valence-electron chi connectivity index (χ4n) is 2.59. The molecule has 4 rings (SSSR count). The van der Waals surface area contributed by atoms with E-state index in [1.165, 1.54) is 17.7 Å². The standard InChI is InChI=1S/C19H16N4O3S/c24-13-3-1-12(2-4-13)7-8-21-18-9-14(22-19(25)23-18)16-5-6-17(27-16)15-10-20-11-26-15/h1-6,9-11,24H,7-8H2,(H2,21,22,23,25). The summed E-state index contributed by atoms with van der Waals surface area (Å²) in [5.41, 5.74) is 1.72. The number of rotatable bonds is 6. The average Bonchev–Trinajstić information content (AvgIpc) is 3.34. The lowest BCUT2D eigenvalue weighted by Gasteiger charge is -2.07. The molecule has 3 N–H and O–H groups in total. The fourth-order valence-corrected chi connectivity index (χ4v) is 3.51. The molecule has 0 spiro atoms. The Labute approximate surface area is 159 Å². The van der Waals surface area contributed by atoms with Crippen molar-refractivity contribution in [1.29, 1.82) is 0 Å². The van der Waals surface area contributed by atoms with E-state index >= 15 is 0 Å². The number of nitrogens with one attached hydrogen (secondary N) is 1. The molecule has 0 bridgehead atoms. The average molecular weight is 380 g/mol. The smallest absolute Gasteiger partial charge is 0.316 e. The summed E-state index contributed by atoms with van der Waals surface area (Å²) in [6.45, 7) is 0.633. The van der Waals surface area contributed by atoms with E-state index in [0.29, 0.717) is 23.8 Å². The van der Waals surface area contributed by atoms with Crippen LogP contribution in [0.1, 0.15) is 5.56 Å². The summed E-state index contributed by atoms with van der Waals surface area (Å²) in [6.07, 6.45) is 3.81. The van der Waals surface area contributed by atoms with Gasteiger partial charge in [-0.1, -0.05) is 12.1 Å². The lowest BCUT2D eigenvalue weighted by atomic mass is 10.1. The first kappa shape index (κ1) is 17.0. The summed E-state index contributed by atoms with van der Waals surface area (Å²) in [7, 11) is 0. The van der Waals surface area contributed by atoms with Crippen LogP contribution >= 0.6 is 11.3 Å². The Kier molecular flexibility index (Phi) is 4.71. The van der Waals surface area contributed by atoms with Crippen molar-refractivity contribution in [3.05, 3.63) is 60.6 Å². The molecule has 0 saturated heterocycles. The van der Waals surface area contributed by atoms with Crippen LogP contribution in [-0.4, -0.2) is 31.7 Å². The van der Waals surface area contributed by atoms with Gasteiger partial charge < -0.3 is 19.9 Å². The zero-order valence-corrected chi connectivity index (χ0v) is 15.0. The van der Waals surface area contributed by atoms with Crippen molar-refractivity contribution in [3.8, 4) is 33.0 Å². The van der Waals surface area contributed by atoms with Crippen molar-refractivity contribution in [2.75, 3.05) is 11.9 Å². The molecule has 0 aliphatic rings. The Morgan fingerprint density at radius 1 is 1.00 bits per heavy atom. The molecular weight excluding hydrogens is 364 g/mol. The van der Waals surface area contributed by atoms with Crippen LogP contribution in [-0.2, 0) is 6.42 Å². The van der Waals surface area contributed by atoms with Crippen molar-refractivity contribution < 1.29 is 14.6 Å². The van der Waals surface area contributed by atoms with Crippen LogP contribution < -0.4 is 5.32 Å². The van der Waals surface area contributed by atoms with Gasteiger partial charge in [0.05, 0.1) is 21.6 Å². The van der Waals surface area contributed by atoms with Gasteiger partial charge in [-0.25, -0.2) is 4.98 Å². The molecule has 7 nitrogen and oxygen atoms in total. The Hall–Kier alpha value is -3.39. The van der Waals surface area contributed by atoms with Gasteiger partial charge >= 0.3 is 6.01 Å². The van der Waals surface area contributed by atoms with Crippen LogP contribution in [0, 0.1) is 0 Å². The third-order valence-electron chi connectivity index (χ3n) is 3.90. The van der Waals surface area contributed by atoms with Crippen LogP contribution in [0.2, 0.25) is 0 Å². The van der Waals surface area contributed by atoms with E-state index in [-0.39, 0.29) is 11.8 Å². The van der Waals surface area contributed by atoms with Gasteiger partial charge in [0.2, 0.25) is 0 Å². The summed E-state index contributed by atoms with van der Waals surface area (Å²) < 4.78 is 5.31. The molecule has 0 saturated carbocycles. The molecule has 0 aliphatic carbocycles. The van der Waals surface area contributed by atoms with Crippen molar-refractivity contribution in [3.63, 3.8) is 0 Å². The fraction of sp³-hybridized carbons (Fsp3) is 0.105. The number of oxazole rings is 1. The molecule has 0 aliphatic heterocycles. The Bertz CT molecular complexity index is 1030. The zero-order chi connectivity index (χ0) is 18.6. The molecule has 0 amide bonds. The lowest BCUT2D eigenvalue weighted by Crippen LogP contribution is -2.06. The minimum Gasteiger partial charge on any atom is -0.508 e. The van der Waals surface area contributed by atoms with E-state index in [1.54, 1.807) is 24.4 Å². The number of phenolic OH excluding ortho intramolecular Hbond substituents is 1. The first-order valence-electron chi connectivity index (χ1n) is 8.26. The summed E-state index contributed by atoms with van der Waals surface area (Å²) in [4.78, 5) is 13.9. The van der Waals surface area contributed by atoms with Crippen LogP contribution in [0.25, 0.3) is 21.2 Å². The highest BCUT2D eigenvalue weighted by Gasteiger charge is 2.11. The number of benzene rings is 1. The molecule has 136 valence electrons. The van der Waals surface area contributed by atoms with E-state index in [9.17, 15) is 10.2 Å². The van der Waals surface area contributed by atoms with Gasteiger partial charge in [0.15, 0.2) is 12.2 Å². The second kappa shape index (κ2) is 7.46. The Morgan fingerprint density at radius 3 is 2.59 bits per heavy atom. The van der Waals surface area contributed by atoms with E-state index in [1.807, 2.05) is 24.3 Å². The highest BCUT2D eigenvalue weighted by atomic mass is 32.1. The summed E-state index contributed by atoms with van der Waals surface area (Å²) in [5, 5.41) is 22.4. The number of thiophene rings is 1. The van der Waals surface area contributed by atoms with Crippen molar-refractivity contribution in [2.24, 2.45) is 0 Å². The predicted octanol–water partition coefficient (Wildman–Crippen LogP) is 3.93. The van der Waals surface area contributed by atoms with Crippen molar-refractivity contribution in [2.45, 2.75) is 6.42 Å². The van der Waals surface area contributed by atoms with Crippen LogP contribution in [0.4, 0.5) is 5.82 Å². The third-order valence-corrected chi connectivity index (χ3v) is 5.03. The molecule has 0 atom stereocenters. The molecule has 0 fully saturated rings. The van der Waals surface area contributed by atoms with Crippen molar-refractivity contribution in [1.82, 2.24) is 15.0 Å². The maximum absolute atomic E-state index is 9.88. The van der Waals surface area contributed by atoms with E-state index < -0.39 is 0 Å². The number of hydrogen-bond acceptors (Lipinski definition) is 8. The highest BCUT2D eigenvalue weighted by Crippen LogP contribution is 2.34. The second-order valence-corrected chi connectivity index (χ2v) is 6.90. The molecule has 0 unspecified atom stereocenters. The normalized spacial score (nSPS) is 10.8. The molecule has 8 heteroatoms. The molecular formula is C19H16N4O3S. The summed E-state index contributed by atoms with van der Waals surface area (Å²) >= 11 is 1.50. The Morgan fingerprint density at radius 2 is 1.81 bits per heavy atom. The third kappa shape index (κ3) is 4.06. The summed E-state index contributed by atoms with van der Waals surface area (Å²) in [6, 6.07) is 12.4. The lowest BCUT2D eigenvalue weighted by molar-refractivity contribution is 0.432. The quantitative estimate of drug-likeness (QED) is 0.465. The minimum absolute atomic E-state index is 0.248. The topological polar surface area (TPSA) is 104 Å². The number of hydrogen-bond donors (Lipinski definition) is 3. The van der Waals surface area contributed by atoms with Gasteiger partial charge in [0, 0.05) is 12.6 Å². The van der Waals surface area contributed by atoms with E-state index in [4.69, 9.17) is 4.42 Å². The number of anilines is 1. The maximum Gasteiger partial charge on any atom is 0.316 e. The van der Waals surface area contributed by atoms with E-state index in [0.717, 1.165) is 21.7 Å². The molecule has 0 radical (unpaired) electrons. The highest BCUT2D eigenvalue weighted by molar-refractivity contribution is 7.18. The van der Waals surface area contributed by atoms with Crippen LogP contribution in [0.15, 0.2) is 59.5 Å². The molecule has 1 aromatic carbocycles. The molecule has 3 heterocycles. The largest absolute Gasteiger partial charge is 0.508 e. The monoisotopic (exact) mass is 380 g/mol. The number of phenols is 1. The first-order chi connectivity index (χ1) is 13.2.